The molecule has 0 bridgehead atoms. The summed E-state index contributed by atoms with van der Waals surface area (Å²) >= 11 is 0. The van der Waals surface area contributed by atoms with Crippen molar-refractivity contribution in [3.63, 3.8) is 0 Å². The Hall–Kier alpha value is -2.25. The minimum absolute atomic E-state index is 0.115. The zero-order valence-corrected chi connectivity index (χ0v) is 15.1. The van der Waals surface area contributed by atoms with Crippen LogP contribution < -0.4 is 14.4 Å². The van der Waals surface area contributed by atoms with Crippen LogP contribution >= 0.6 is 0 Å². The number of nitrogens with one attached hydrogen (secondary N) is 1. The molecule has 1 fully saturated rings. The average molecular weight is 362 g/mol. The number of benzene rings is 2. The van der Waals surface area contributed by atoms with Crippen LogP contribution in [-0.2, 0) is 14.8 Å². The molecule has 1 N–H and O–H groups in total. The van der Waals surface area contributed by atoms with Crippen molar-refractivity contribution in [3.05, 3.63) is 48.5 Å². The number of nitrogens with zero attached hydrogens (tertiary/aromatic N) is 1. The van der Waals surface area contributed by atoms with Gasteiger partial charge in [0.15, 0.2) is 0 Å². The van der Waals surface area contributed by atoms with Gasteiger partial charge in [0.25, 0.3) is 10.0 Å². The number of methoxy groups -OCH3 is 2. The summed E-state index contributed by atoms with van der Waals surface area (Å²) in [7, 11) is -0.532. The molecule has 0 radical (unpaired) electrons. The summed E-state index contributed by atoms with van der Waals surface area (Å²) in [5, 5.41) is 0. The molecule has 6 nitrogen and oxygen atoms in total. The van der Waals surface area contributed by atoms with E-state index in [0.29, 0.717) is 11.4 Å². The van der Waals surface area contributed by atoms with Crippen molar-refractivity contribution in [1.29, 1.82) is 0 Å². The normalized spacial score (nSPS) is 17.5. The number of rotatable bonds is 6. The standard InChI is InChI=1S/C18H22N2O4S/c1-23-16-11-12-20(13-16)15-9-7-14(8-10-15)19-25(21,22)18-6-4-3-5-17(18)24-2/h3-10,16,19H,11-13H2,1-2H3. The molecular weight excluding hydrogens is 340 g/mol. The van der Waals surface area contributed by atoms with Gasteiger partial charge in [-0.15, -0.1) is 0 Å². The van der Waals surface area contributed by atoms with Crippen molar-refractivity contribution in [3.8, 4) is 5.75 Å². The molecule has 0 amide bonds. The second-order valence-corrected chi connectivity index (χ2v) is 7.55. The van der Waals surface area contributed by atoms with Crippen LogP contribution in [0.4, 0.5) is 11.4 Å². The minimum atomic E-state index is -3.71. The smallest absolute Gasteiger partial charge is 0.265 e. The third-order valence-electron chi connectivity index (χ3n) is 4.32. The van der Waals surface area contributed by atoms with Crippen LogP contribution in [0.25, 0.3) is 0 Å². The van der Waals surface area contributed by atoms with Gasteiger partial charge in [0.2, 0.25) is 0 Å². The van der Waals surface area contributed by atoms with Gasteiger partial charge in [-0.1, -0.05) is 12.1 Å². The first-order valence-corrected chi connectivity index (χ1v) is 9.55. The number of sulfonamides is 1. The molecule has 2 aromatic rings. The predicted molar refractivity (Wildman–Crippen MR) is 97.9 cm³/mol. The summed E-state index contributed by atoms with van der Waals surface area (Å²) < 4.78 is 38.3. The van der Waals surface area contributed by atoms with Crippen LogP contribution in [0.15, 0.2) is 53.4 Å². The molecule has 7 heteroatoms. The van der Waals surface area contributed by atoms with E-state index in [1.165, 1.54) is 13.2 Å². The minimum Gasteiger partial charge on any atom is -0.495 e. The Morgan fingerprint density at radius 3 is 2.44 bits per heavy atom. The largest absolute Gasteiger partial charge is 0.495 e. The molecule has 0 aromatic heterocycles. The van der Waals surface area contributed by atoms with Gasteiger partial charge in [0.05, 0.1) is 13.2 Å². The zero-order valence-electron chi connectivity index (χ0n) is 14.3. The lowest BCUT2D eigenvalue weighted by molar-refractivity contribution is 0.121. The van der Waals surface area contributed by atoms with E-state index in [-0.39, 0.29) is 11.0 Å². The van der Waals surface area contributed by atoms with Gasteiger partial charge in [0, 0.05) is 31.6 Å². The maximum Gasteiger partial charge on any atom is 0.265 e. The first-order valence-electron chi connectivity index (χ1n) is 8.07. The van der Waals surface area contributed by atoms with Crippen molar-refractivity contribution >= 4 is 21.4 Å². The van der Waals surface area contributed by atoms with E-state index in [0.717, 1.165) is 25.2 Å². The Bertz CT molecular complexity index is 821. The summed E-state index contributed by atoms with van der Waals surface area (Å²) in [5.74, 6) is 0.314. The van der Waals surface area contributed by atoms with Crippen LogP contribution in [0.5, 0.6) is 5.75 Å². The van der Waals surface area contributed by atoms with Crippen molar-refractivity contribution in [1.82, 2.24) is 0 Å². The van der Waals surface area contributed by atoms with Crippen LogP contribution in [0.2, 0.25) is 0 Å². The van der Waals surface area contributed by atoms with E-state index in [4.69, 9.17) is 9.47 Å². The van der Waals surface area contributed by atoms with Crippen molar-refractivity contribution in [2.24, 2.45) is 0 Å². The first-order chi connectivity index (χ1) is 12.0. The maximum absolute atomic E-state index is 12.6. The highest BCUT2D eigenvalue weighted by Crippen LogP contribution is 2.27. The topological polar surface area (TPSA) is 67.9 Å². The number of hydrogen-bond donors (Lipinski definition) is 1. The lowest BCUT2D eigenvalue weighted by atomic mass is 10.2. The number of anilines is 2. The number of ether oxygens (including phenoxy) is 2. The van der Waals surface area contributed by atoms with Crippen molar-refractivity contribution in [2.45, 2.75) is 17.4 Å². The second kappa shape index (κ2) is 7.33. The van der Waals surface area contributed by atoms with Crippen molar-refractivity contribution in [2.75, 3.05) is 36.9 Å². The number of hydrogen-bond acceptors (Lipinski definition) is 5. The molecule has 3 rings (SSSR count). The van der Waals surface area contributed by atoms with Gasteiger partial charge in [-0.3, -0.25) is 4.72 Å². The highest BCUT2D eigenvalue weighted by molar-refractivity contribution is 7.92. The van der Waals surface area contributed by atoms with Gasteiger partial charge in [-0.2, -0.15) is 0 Å². The molecule has 0 saturated carbocycles. The van der Waals surface area contributed by atoms with E-state index in [2.05, 4.69) is 9.62 Å². The van der Waals surface area contributed by atoms with Crippen molar-refractivity contribution < 1.29 is 17.9 Å². The fraction of sp³-hybridized carbons (Fsp3) is 0.333. The van der Waals surface area contributed by atoms with Gasteiger partial charge in [-0.05, 0) is 42.8 Å². The summed E-state index contributed by atoms with van der Waals surface area (Å²) in [6.45, 7) is 1.79. The second-order valence-electron chi connectivity index (χ2n) is 5.90. The lowest BCUT2D eigenvalue weighted by Crippen LogP contribution is -2.22. The Labute approximate surface area is 148 Å². The fourth-order valence-corrected chi connectivity index (χ4v) is 4.18. The third kappa shape index (κ3) is 3.88. The van der Waals surface area contributed by atoms with Gasteiger partial charge >= 0.3 is 0 Å². The molecule has 134 valence electrons. The highest BCUT2D eigenvalue weighted by Gasteiger charge is 2.23. The Morgan fingerprint density at radius 1 is 1.08 bits per heavy atom. The SMILES string of the molecule is COc1ccccc1S(=O)(=O)Nc1ccc(N2CCC(OC)C2)cc1. The molecule has 1 heterocycles. The first kappa shape index (κ1) is 17.6. The predicted octanol–water partition coefficient (Wildman–Crippen LogP) is 2.72. The van der Waals surface area contributed by atoms with Crippen LogP contribution in [-0.4, -0.2) is 41.8 Å². The molecule has 1 aliphatic rings. The van der Waals surface area contributed by atoms with E-state index < -0.39 is 10.0 Å². The monoisotopic (exact) mass is 362 g/mol. The maximum atomic E-state index is 12.6. The van der Waals surface area contributed by atoms with E-state index >= 15 is 0 Å². The molecule has 2 aromatic carbocycles. The zero-order chi connectivity index (χ0) is 17.9. The highest BCUT2D eigenvalue weighted by atomic mass is 32.2. The number of para-hydroxylation sites is 1. The molecule has 1 saturated heterocycles. The quantitative estimate of drug-likeness (QED) is 0.856. The summed E-state index contributed by atoms with van der Waals surface area (Å²) in [4.78, 5) is 2.34. The Balaban J connectivity index is 1.75. The fourth-order valence-electron chi connectivity index (χ4n) is 2.95. The van der Waals surface area contributed by atoms with Gasteiger partial charge < -0.3 is 14.4 Å². The van der Waals surface area contributed by atoms with E-state index in [9.17, 15) is 8.42 Å². The average Bonchev–Trinajstić information content (AvgIpc) is 3.11. The molecule has 0 aliphatic carbocycles. The summed E-state index contributed by atoms with van der Waals surface area (Å²) in [5.41, 5.74) is 1.57. The third-order valence-corrected chi connectivity index (χ3v) is 5.74. The summed E-state index contributed by atoms with van der Waals surface area (Å²) in [6, 6.07) is 13.9. The molecule has 0 spiro atoms. The van der Waals surface area contributed by atoms with E-state index in [1.54, 1.807) is 37.4 Å². The molecule has 25 heavy (non-hydrogen) atoms. The molecule has 1 atom stereocenters. The van der Waals surface area contributed by atoms with Crippen LogP contribution in [0.1, 0.15) is 6.42 Å². The lowest BCUT2D eigenvalue weighted by Gasteiger charge is -2.19. The summed E-state index contributed by atoms with van der Waals surface area (Å²) in [6.07, 6.45) is 1.25. The van der Waals surface area contributed by atoms with E-state index in [1.807, 2.05) is 12.1 Å². The molecule has 1 unspecified atom stereocenters. The van der Waals surface area contributed by atoms with Gasteiger partial charge in [0.1, 0.15) is 10.6 Å². The van der Waals surface area contributed by atoms with Gasteiger partial charge in [-0.25, -0.2) is 8.42 Å². The van der Waals surface area contributed by atoms with Crippen LogP contribution in [0, 0.1) is 0 Å². The van der Waals surface area contributed by atoms with Crippen LogP contribution in [0.3, 0.4) is 0 Å². The molecule has 1 aliphatic heterocycles. The Morgan fingerprint density at radius 2 is 1.80 bits per heavy atom. The molecular formula is C18H22N2O4S. The Kier molecular flexibility index (Phi) is 5.15.